The first kappa shape index (κ1) is 15.9. The summed E-state index contributed by atoms with van der Waals surface area (Å²) in [7, 11) is 0. The standard InChI is InChI=1S/C21H21FN2O/c1-13-6-8-19-16(10-13)17-11-14(7-9-20(17)24-19)21(25)23-12-15-4-2-3-5-18(15)22/h2-5,7,9,11,13,24H,6,8,10,12H2,1H3,(H,23,25)/t13-/m0/s1. The first-order valence-corrected chi connectivity index (χ1v) is 8.77. The van der Waals surface area contributed by atoms with Gasteiger partial charge in [0, 0.05) is 34.3 Å². The van der Waals surface area contributed by atoms with Gasteiger partial charge in [0.15, 0.2) is 0 Å². The molecule has 4 rings (SSSR count). The summed E-state index contributed by atoms with van der Waals surface area (Å²) in [5.41, 5.74) is 4.84. The molecule has 1 aliphatic rings. The minimum absolute atomic E-state index is 0.177. The van der Waals surface area contributed by atoms with Gasteiger partial charge in [0.2, 0.25) is 0 Å². The molecule has 0 unspecified atom stereocenters. The lowest BCUT2D eigenvalue weighted by atomic mass is 9.87. The fourth-order valence-electron chi connectivity index (χ4n) is 3.65. The molecule has 0 radical (unpaired) electrons. The van der Waals surface area contributed by atoms with Crippen LogP contribution in [-0.4, -0.2) is 10.9 Å². The van der Waals surface area contributed by atoms with Crippen molar-refractivity contribution >= 4 is 16.8 Å². The van der Waals surface area contributed by atoms with Crippen LogP contribution < -0.4 is 5.32 Å². The number of benzene rings is 2. The number of fused-ring (bicyclic) bond motifs is 3. The Morgan fingerprint density at radius 2 is 2.12 bits per heavy atom. The van der Waals surface area contributed by atoms with Crippen LogP contribution in [0.5, 0.6) is 0 Å². The number of carbonyl (C=O) groups excluding carboxylic acids is 1. The van der Waals surface area contributed by atoms with E-state index in [1.807, 2.05) is 18.2 Å². The summed E-state index contributed by atoms with van der Waals surface area (Å²) in [6, 6.07) is 12.2. The summed E-state index contributed by atoms with van der Waals surface area (Å²) in [6.45, 7) is 2.46. The number of aryl methyl sites for hydroxylation is 1. The van der Waals surface area contributed by atoms with Gasteiger partial charge in [-0.25, -0.2) is 4.39 Å². The molecule has 2 aromatic carbocycles. The maximum Gasteiger partial charge on any atom is 0.251 e. The molecule has 128 valence electrons. The average molecular weight is 336 g/mol. The number of H-pyrrole nitrogens is 1. The van der Waals surface area contributed by atoms with Crippen LogP contribution in [0, 0.1) is 11.7 Å². The minimum atomic E-state index is -0.299. The van der Waals surface area contributed by atoms with Crippen LogP contribution in [0.25, 0.3) is 10.9 Å². The van der Waals surface area contributed by atoms with Crippen molar-refractivity contribution in [2.45, 2.75) is 32.7 Å². The Bertz CT molecular complexity index is 944. The molecule has 1 amide bonds. The predicted molar refractivity (Wildman–Crippen MR) is 97.1 cm³/mol. The van der Waals surface area contributed by atoms with Crippen molar-refractivity contribution in [3.8, 4) is 0 Å². The Balaban J connectivity index is 1.58. The molecule has 1 atom stereocenters. The highest BCUT2D eigenvalue weighted by molar-refractivity contribution is 5.99. The largest absolute Gasteiger partial charge is 0.358 e. The molecule has 1 heterocycles. The van der Waals surface area contributed by atoms with Gasteiger partial charge in [-0.15, -0.1) is 0 Å². The molecule has 0 saturated heterocycles. The molecule has 0 fully saturated rings. The van der Waals surface area contributed by atoms with E-state index >= 15 is 0 Å². The van der Waals surface area contributed by atoms with E-state index in [4.69, 9.17) is 0 Å². The number of halogens is 1. The third-order valence-electron chi connectivity index (χ3n) is 5.09. The Morgan fingerprint density at radius 1 is 1.28 bits per heavy atom. The second-order valence-corrected chi connectivity index (χ2v) is 6.96. The minimum Gasteiger partial charge on any atom is -0.358 e. The van der Waals surface area contributed by atoms with Crippen molar-refractivity contribution in [1.29, 1.82) is 0 Å². The molecule has 3 nitrogen and oxygen atoms in total. The Labute approximate surface area is 146 Å². The van der Waals surface area contributed by atoms with Crippen LogP contribution in [-0.2, 0) is 19.4 Å². The van der Waals surface area contributed by atoms with Crippen LogP contribution in [0.3, 0.4) is 0 Å². The van der Waals surface area contributed by atoms with E-state index in [0.717, 1.165) is 23.7 Å². The second kappa shape index (κ2) is 6.36. The first-order chi connectivity index (χ1) is 12.1. The third-order valence-corrected chi connectivity index (χ3v) is 5.09. The molecule has 25 heavy (non-hydrogen) atoms. The maximum atomic E-state index is 13.7. The van der Waals surface area contributed by atoms with Gasteiger partial charge in [0.1, 0.15) is 5.82 Å². The van der Waals surface area contributed by atoms with Crippen molar-refractivity contribution in [2.24, 2.45) is 5.92 Å². The highest BCUT2D eigenvalue weighted by Crippen LogP contribution is 2.32. The van der Waals surface area contributed by atoms with Gasteiger partial charge in [-0.2, -0.15) is 0 Å². The van der Waals surface area contributed by atoms with Crippen LogP contribution in [0.15, 0.2) is 42.5 Å². The fourth-order valence-corrected chi connectivity index (χ4v) is 3.65. The van der Waals surface area contributed by atoms with Crippen molar-refractivity contribution in [1.82, 2.24) is 10.3 Å². The van der Waals surface area contributed by atoms with Gasteiger partial charge in [0.05, 0.1) is 0 Å². The summed E-state index contributed by atoms with van der Waals surface area (Å²) in [6.07, 6.45) is 3.32. The molecule has 1 aromatic heterocycles. The molecule has 0 saturated carbocycles. The quantitative estimate of drug-likeness (QED) is 0.733. The number of nitrogens with one attached hydrogen (secondary N) is 2. The van der Waals surface area contributed by atoms with Gasteiger partial charge in [-0.3, -0.25) is 4.79 Å². The normalized spacial score (nSPS) is 16.6. The molecular weight excluding hydrogens is 315 g/mol. The Morgan fingerprint density at radius 3 is 2.96 bits per heavy atom. The van der Waals surface area contributed by atoms with Crippen LogP contribution in [0.4, 0.5) is 4.39 Å². The lowest BCUT2D eigenvalue weighted by molar-refractivity contribution is 0.0950. The number of hydrogen-bond donors (Lipinski definition) is 2. The second-order valence-electron chi connectivity index (χ2n) is 6.96. The van der Waals surface area contributed by atoms with E-state index in [1.54, 1.807) is 18.2 Å². The summed E-state index contributed by atoms with van der Waals surface area (Å²) in [5.74, 6) is 0.195. The zero-order chi connectivity index (χ0) is 17.4. The molecule has 3 aromatic rings. The van der Waals surface area contributed by atoms with E-state index in [1.165, 1.54) is 23.7 Å². The van der Waals surface area contributed by atoms with Gasteiger partial charge < -0.3 is 10.3 Å². The van der Waals surface area contributed by atoms with E-state index in [9.17, 15) is 9.18 Å². The molecule has 4 heteroatoms. The van der Waals surface area contributed by atoms with Crippen LogP contribution in [0.2, 0.25) is 0 Å². The van der Waals surface area contributed by atoms with E-state index < -0.39 is 0 Å². The SMILES string of the molecule is C[C@H]1CCc2[nH]c3ccc(C(=O)NCc4ccccc4F)cc3c2C1. The van der Waals surface area contributed by atoms with Crippen molar-refractivity contribution in [2.75, 3.05) is 0 Å². The smallest absolute Gasteiger partial charge is 0.251 e. The zero-order valence-corrected chi connectivity index (χ0v) is 14.2. The van der Waals surface area contributed by atoms with E-state index in [2.05, 4.69) is 17.2 Å². The van der Waals surface area contributed by atoms with E-state index in [-0.39, 0.29) is 18.3 Å². The van der Waals surface area contributed by atoms with Crippen molar-refractivity contribution in [3.05, 3.63) is 70.7 Å². The summed E-state index contributed by atoms with van der Waals surface area (Å²) in [5, 5.41) is 3.95. The molecule has 2 N–H and O–H groups in total. The van der Waals surface area contributed by atoms with E-state index in [0.29, 0.717) is 17.0 Å². The number of rotatable bonds is 3. The van der Waals surface area contributed by atoms with Gasteiger partial charge in [-0.1, -0.05) is 25.1 Å². The summed E-state index contributed by atoms with van der Waals surface area (Å²) >= 11 is 0. The average Bonchev–Trinajstić information content (AvgIpc) is 2.98. The first-order valence-electron chi connectivity index (χ1n) is 8.77. The molecule has 1 aliphatic carbocycles. The van der Waals surface area contributed by atoms with Crippen LogP contribution in [0.1, 0.15) is 40.5 Å². The number of hydrogen-bond acceptors (Lipinski definition) is 1. The number of aromatic amines is 1. The monoisotopic (exact) mass is 336 g/mol. The summed E-state index contributed by atoms with van der Waals surface area (Å²) < 4.78 is 13.7. The number of amides is 1. The molecule has 0 bridgehead atoms. The summed E-state index contributed by atoms with van der Waals surface area (Å²) in [4.78, 5) is 16.0. The maximum absolute atomic E-state index is 13.7. The number of aromatic nitrogens is 1. The molecular formula is C21H21FN2O. The topological polar surface area (TPSA) is 44.9 Å². The zero-order valence-electron chi connectivity index (χ0n) is 14.2. The molecule has 0 aliphatic heterocycles. The predicted octanol–water partition coefficient (Wildman–Crippen LogP) is 4.36. The highest BCUT2D eigenvalue weighted by Gasteiger charge is 2.20. The Hall–Kier alpha value is -2.62. The molecule has 0 spiro atoms. The fraction of sp³-hybridized carbons (Fsp3) is 0.286. The van der Waals surface area contributed by atoms with Gasteiger partial charge in [0.25, 0.3) is 5.91 Å². The van der Waals surface area contributed by atoms with Gasteiger partial charge >= 0.3 is 0 Å². The highest BCUT2D eigenvalue weighted by atomic mass is 19.1. The van der Waals surface area contributed by atoms with Gasteiger partial charge in [-0.05, 0) is 55.0 Å². The lowest BCUT2D eigenvalue weighted by Gasteiger charge is -2.18. The third kappa shape index (κ3) is 3.04. The number of carbonyl (C=O) groups is 1. The van der Waals surface area contributed by atoms with Crippen molar-refractivity contribution in [3.63, 3.8) is 0 Å². The van der Waals surface area contributed by atoms with Crippen molar-refractivity contribution < 1.29 is 9.18 Å². The lowest BCUT2D eigenvalue weighted by Crippen LogP contribution is -2.23. The van der Waals surface area contributed by atoms with Crippen LogP contribution >= 0.6 is 0 Å². The Kier molecular flexibility index (Phi) is 4.04.